The highest BCUT2D eigenvalue weighted by Crippen LogP contribution is 2.34. The molecule has 1 aliphatic rings. The Balaban J connectivity index is 2.06. The topological polar surface area (TPSA) is 56.5 Å². The summed E-state index contributed by atoms with van der Waals surface area (Å²) < 4.78 is 21.4. The van der Waals surface area contributed by atoms with E-state index in [1.807, 2.05) is 17.6 Å². The van der Waals surface area contributed by atoms with E-state index in [4.69, 9.17) is 16.3 Å². The van der Waals surface area contributed by atoms with E-state index in [0.29, 0.717) is 33.4 Å². The SMILES string of the molecule is CC(=O)OC1N=C(c2ccccc2Cl)c2cc(F)ccc2-n2c(C)cnc21. The standard InChI is InChI=1S/C20H15ClFN3O2/c1-11-10-23-19-20(27-12(2)26)24-18(14-5-3-4-6-16(14)21)15-9-13(22)7-8-17(15)25(11)19/h3-10,20H,1-2H3. The van der Waals surface area contributed by atoms with Gasteiger partial charge < -0.3 is 4.74 Å². The molecule has 1 unspecified atom stereocenters. The fourth-order valence-electron chi connectivity index (χ4n) is 3.18. The number of carbonyl (C=O) groups is 1. The van der Waals surface area contributed by atoms with Gasteiger partial charge in [0.15, 0.2) is 5.82 Å². The highest BCUT2D eigenvalue weighted by atomic mass is 35.5. The number of aryl methyl sites for hydroxylation is 1. The molecular formula is C20H15ClFN3O2. The van der Waals surface area contributed by atoms with Crippen LogP contribution in [-0.4, -0.2) is 21.2 Å². The van der Waals surface area contributed by atoms with Crippen molar-refractivity contribution in [2.75, 3.05) is 0 Å². The Morgan fingerprint density at radius 2 is 2.00 bits per heavy atom. The molecule has 136 valence electrons. The van der Waals surface area contributed by atoms with E-state index in [1.165, 1.54) is 19.1 Å². The van der Waals surface area contributed by atoms with Gasteiger partial charge in [0, 0.05) is 35.0 Å². The maximum absolute atomic E-state index is 14.1. The molecule has 0 bridgehead atoms. The summed E-state index contributed by atoms with van der Waals surface area (Å²) in [5.74, 6) is -0.456. The van der Waals surface area contributed by atoms with E-state index in [9.17, 15) is 9.18 Å². The van der Waals surface area contributed by atoms with Gasteiger partial charge in [-0.1, -0.05) is 29.8 Å². The summed E-state index contributed by atoms with van der Waals surface area (Å²) in [6.07, 6.45) is 0.688. The molecule has 0 radical (unpaired) electrons. The van der Waals surface area contributed by atoms with Gasteiger partial charge in [-0.15, -0.1) is 0 Å². The summed E-state index contributed by atoms with van der Waals surface area (Å²) in [5.41, 5.74) is 3.10. The predicted octanol–water partition coefficient (Wildman–Crippen LogP) is 4.39. The van der Waals surface area contributed by atoms with Gasteiger partial charge in [-0.25, -0.2) is 14.4 Å². The van der Waals surface area contributed by atoms with Crippen molar-refractivity contribution in [3.63, 3.8) is 0 Å². The third-order valence-electron chi connectivity index (χ3n) is 4.29. The molecule has 0 spiro atoms. The average molecular weight is 384 g/mol. The first-order chi connectivity index (χ1) is 13.0. The predicted molar refractivity (Wildman–Crippen MR) is 99.9 cm³/mol. The lowest BCUT2D eigenvalue weighted by Gasteiger charge is -2.14. The first-order valence-corrected chi connectivity index (χ1v) is 8.68. The van der Waals surface area contributed by atoms with Gasteiger partial charge >= 0.3 is 5.97 Å². The second-order valence-electron chi connectivity index (χ2n) is 6.17. The molecule has 0 fully saturated rings. The van der Waals surface area contributed by atoms with Crippen molar-refractivity contribution in [3.8, 4) is 5.69 Å². The van der Waals surface area contributed by atoms with E-state index in [-0.39, 0.29) is 0 Å². The lowest BCUT2D eigenvalue weighted by molar-refractivity contribution is -0.146. The van der Waals surface area contributed by atoms with Crippen molar-refractivity contribution in [2.24, 2.45) is 4.99 Å². The summed E-state index contributed by atoms with van der Waals surface area (Å²) in [5, 5.41) is 0.462. The minimum atomic E-state index is -0.974. The Morgan fingerprint density at radius 1 is 1.22 bits per heavy atom. The van der Waals surface area contributed by atoms with Crippen molar-refractivity contribution in [3.05, 3.63) is 82.1 Å². The maximum atomic E-state index is 14.1. The number of fused-ring (bicyclic) bond motifs is 3. The molecule has 1 aliphatic heterocycles. The fourth-order valence-corrected chi connectivity index (χ4v) is 3.41. The monoisotopic (exact) mass is 383 g/mol. The molecule has 1 atom stereocenters. The van der Waals surface area contributed by atoms with Gasteiger partial charge in [0.1, 0.15) is 5.82 Å². The van der Waals surface area contributed by atoms with Crippen LogP contribution < -0.4 is 0 Å². The van der Waals surface area contributed by atoms with E-state index < -0.39 is 18.0 Å². The molecule has 0 N–H and O–H groups in total. The van der Waals surface area contributed by atoms with E-state index in [0.717, 1.165) is 5.69 Å². The van der Waals surface area contributed by atoms with Crippen molar-refractivity contribution in [2.45, 2.75) is 20.1 Å². The largest absolute Gasteiger partial charge is 0.432 e. The Labute approximate surface area is 160 Å². The van der Waals surface area contributed by atoms with Gasteiger partial charge in [-0.2, -0.15) is 0 Å². The summed E-state index contributed by atoms with van der Waals surface area (Å²) >= 11 is 6.38. The van der Waals surface area contributed by atoms with Crippen LogP contribution in [0.2, 0.25) is 5.02 Å². The van der Waals surface area contributed by atoms with E-state index in [1.54, 1.807) is 30.5 Å². The molecular weight excluding hydrogens is 369 g/mol. The van der Waals surface area contributed by atoms with Crippen LogP contribution in [0.25, 0.3) is 5.69 Å². The molecule has 2 aromatic carbocycles. The molecule has 0 saturated heterocycles. The zero-order valence-corrected chi connectivity index (χ0v) is 15.4. The number of esters is 1. The van der Waals surface area contributed by atoms with Crippen molar-refractivity contribution in [1.82, 2.24) is 9.55 Å². The van der Waals surface area contributed by atoms with Crippen LogP contribution >= 0.6 is 11.6 Å². The second kappa shape index (κ2) is 6.63. The molecule has 4 rings (SSSR count). The van der Waals surface area contributed by atoms with Gasteiger partial charge in [0.2, 0.25) is 0 Å². The number of rotatable bonds is 2. The average Bonchev–Trinajstić information content (AvgIpc) is 2.94. The molecule has 0 amide bonds. The zero-order valence-electron chi connectivity index (χ0n) is 14.6. The highest BCUT2D eigenvalue weighted by molar-refractivity contribution is 6.35. The number of nitrogens with zero attached hydrogens (tertiary/aromatic N) is 3. The molecule has 3 aromatic rings. The number of benzene rings is 2. The number of aliphatic imine (C=N–C) groups is 1. The van der Waals surface area contributed by atoms with Crippen molar-refractivity contribution in [1.29, 1.82) is 0 Å². The second-order valence-corrected chi connectivity index (χ2v) is 6.58. The van der Waals surface area contributed by atoms with Crippen LogP contribution in [0, 0.1) is 12.7 Å². The summed E-state index contributed by atoms with van der Waals surface area (Å²) in [6.45, 7) is 3.18. The van der Waals surface area contributed by atoms with Crippen LogP contribution in [0.1, 0.15) is 35.8 Å². The first-order valence-electron chi connectivity index (χ1n) is 8.30. The van der Waals surface area contributed by atoms with Crippen LogP contribution in [0.5, 0.6) is 0 Å². The third kappa shape index (κ3) is 3.02. The van der Waals surface area contributed by atoms with Crippen LogP contribution in [0.15, 0.2) is 53.7 Å². The highest BCUT2D eigenvalue weighted by Gasteiger charge is 2.29. The number of hydrogen-bond acceptors (Lipinski definition) is 4. The molecule has 27 heavy (non-hydrogen) atoms. The lowest BCUT2D eigenvalue weighted by Crippen LogP contribution is -2.12. The van der Waals surface area contributed by atoms with Gasteiger partial charge in [-0.3, -0.25) is 9.36 Å². The molecule has 0 aliphatic carbocycles. The molecule has 2 heterocycles. The van der Waals surface area contributed by atoms with Crippen LogP contribution in [-0.2, 0) is 9.53 Å². The Bertz CT molecular complexity index is 1090. The zero-order chi connectivity index (χ0) is 19.1. The van der Waals surface area contributed by atoms with Crippen LogP contribution in [0.4, 0.5) is 4.39 Å². The minimum absolute atomic E-state index is 0.404. The van der Waals surface area contributed by atoms with Gasteiger partial charge in [-0.05, 0) is 31.2 Å². The smallest absolute Gasteiger partial charge is 0.304 e. The number of ether oxygens (including phenoxy) is 1. The molecule has 7 heteroatoms. The van der Waals surface area contributed by atoms with Crippen molar-refractivity contribution < 1.29 is 13.9 Å². The summed E-state index contributed by atoms with van der Waals surface area (Å²) in [7, 11) is 0. The fraction of sp³-hybridized carbons (Fsp3) is 0.150. The number of imidazole rings is 1. The van der Waals surface area contributed by atoms with Gasteiger partial charge in [0.05, 0.1) is 11.4 Å². The number of hydrogen-bond donors (Lipinski definition) is 0. The molecule has 5 nitrogen and oxygen atoms in total. The van der Waals surface area contributed by atoms with E-state index in [2.05, 4.69) is 9.98 Å². The molecule has 1 aromatic heterocycles. The Hall–Kier alpha value is -2.99. The summed E-state index contributed by atoms with van der Waals surface area (Å²) in [6, 6.07) is 11.6. The van der Waals surface area contributed by atoms with E-state index >= 15 is 0 Å². The normalized spacial score (nSPS) is 15.4. The third-order valence-corrected chi connectivity index (χ3v) is 4.62. The Kier molecular flexibility index (Phi) is 4.28. The van der Waals surface area contributed by atoms with Crippen LogP contribution in [0.3, 0.4) is 0 Å². The number of aromatic nitrogens is 2. The van der Waals surface area contributed by atoms with Crippen molar-refractivity contribution >= 4 is 23.3 Å². The number of halogens is 2. The first kappa shape index (κ1) is 17.4. The van der Waals surface area contributed by atoms with Gasteiger partial charge in [0.25, 0.3) is 6.23 Å². The molecule has 0 saturated carbocycles. The quantitative estimate of drug-likeness (QED) is 0.617. The summed E-state index contributed by atoms with van der Waals surface area (Å²) in [4.78, 5) is 20.7. The number of carbonyl (C=O) groups excluding carboxylic acids is 1. The minimum Gasteiger partial charge on any atom is -0.432 e. The Morgan fingerprint density at radius 3 is 2.74 bits per heavy atom. The lowest BCUT2D eigenvalue weighted by atomic mass is 10.00. The maximum Gasteiger partial charge on any atom is 0.304 e.